The highest BCUT2D eigenvalue weighted by atomic mass is 32.2. The van der Waals surface area contributed by atoms with E-state index in [4.69, 9.17) is 0 Å². The van der Waals surface area contributed by atoms with E-state index >= 15 is 0 Å². The lowest BCUT2D eigenvalue weighted by Crippen LogP contribution is -2.28. The van der Waals surface area contributed by atoms with Crippen LogP contribution in [0.1, 0.15) is 23.1 Å². The normalized spacial score (nSPS) is 18.0. The molecule has 2 aromatic carbocycles. The number of thioether (sulfide) groups is 1. The van der Waals surface area contributed by atoms with E-state index in [2.05, 4.69) is 15.6 Å². The number of hydrogen-bond donors (Lipinski definition) is 2. The Labute approximate surface area is 157 Å². The summed E-state index contributed by atoms with van der Waals surface area (Å²) >= 11 is 1.29. The van der Waals surface area contributed by atoms with Gasteiger partial charge in [-0.25, -0.2) is 4.99 Å². The fourth-order valence-electron chi connectivity index (χ4n) is 2.57. The van der Waals surface area contributed by atoms with Gasteiger partial charge in [0.1, 0.15) is 5.25 Å². The molecule has 0 unspecified atom stereocenters. The molecule has 0 radical (unpaired) electrons. The van der Waals surface area contributed by atoms with Crippen molar-refractivity contribution in [3.8, 4) is 0 Å². The van der Waals surface area contributed by atoms with Crippen LogP contribution in [0.4, 0.5) is 11.4 Å². The lowest BCUT2D eigenvalue weighted by Gasteiger charge is -2.10. The first kappa shape index (κ1) is 18.2. The van der Waals surface area contributed by atoms with Crippen molar-refractivity contribution in [1.82, 2.24) is 5.32 Å². The van der Waals surface area contributed by atoms with Crippen molar-refractivity contribution in [3.05, 3.63) is 59.2 Å². The van der Waals surface area contributed by atoms with Gasteiger partial charge in [0.05, 0.1) is 5.69 Å². The van der Waals surface area contributed by atoms with Gasteiger partial charge in [0.25, 0.3) is 0 Å². The predicted molar refractivity (Wildman–Crippen MR) is 107 cm³/mol. The Kier molecular flexibility index (Phi) is 5.42. The Morgan fingerprint density at radius 3 is 2.54 bits per heavy atom. The van der Waals surface area contributed by atoms with Crippen molar-refractivity contribution in [2.24, 2.45) is 4.99 Å². The summed E-state index contributed by atoms with van der Waals surface area (Å²) in [4.78, 5) is 28.9. The van der Waals surface area contributed by atoms with E-state index in [1.54, 1.807) is 0 Å². The van der Waals surface area contributed by atoms with E-state index in [-0.39, 0.29) is 18.2 Å². The number of anilines is 1. The molecule has 6 heteroatoms. The Morgan fingerprint density at radius 2 is 1.81 bits per heavy atom. The zero-order valence-electron chi connectivity index (χ0n) is 15.0. The molecule has 1 heterocycles. The number of amidine groups is 1. The number of amides is 2. The molecule has 2 N–H and O–H groups in total. The average molecular weight is 367 g/mol. The molecule has 1 aliphatic heterocycles. The molecule has 26 heavy (non-hydrogen) atoms. The summed E-state index contributed by atoms with van der Waals surface area (Å²) in [6.07, 6.45) is 0.108. The molecule has 0 spiro atoms. The van der Waals surface area contributed by atoms with Crippen molar-refractivity contribution in [1.29, 1.82) is 0 Å². The first-order valence-electron chi connectivity index (χ1n) is 8.41. The molecule has 0 aromatic heterocycles. The number of nitrogens with one attached hydrogen (secondary N) is 2. The summed E-state index contributed by atoms with van der Waals surface area (Å²) in [7, 11) is 0. The maximum absolute atomic E-state index is 12.3. The van der Waals surface area contributed by atoms with E-state index in [0.717, 1.165) is 28.1 Å². The zero-order valence-corrected chi connectivity index (χ0v) is 15.8. The number of hydrogen-bond acceptors (Lipinski definition) is 4. The van der Waals surface area contributed by atoms with E-state index in [1.807, 2.05) is 63.2 Å². The van der Waals surface area contributed by atoms with Crippen LogP contribution in [0.25, 0.3) is 0 Å². The average Bonchev–Trinajstić information content (AvgIpc) is 2.92. The van der Waals surface area contributed by atoms with Crippen LogP contribution in [0.5, 0.6) is 0 Å². The van der Waals surface area contributed by atoms with E-state index in [9.17, 15) is 9.59 Å². The summed E-state index contributed by atoms with van der Waals surface area (Å²) in [6.45, 7) is 5.93. The SMILES string of the molecule is Cc1ccc(N=C2NC(=O)[C@@H](CC(=O)Nc3cc(C)ccc3C)S2)cc1. The van der Waals surface area contributed by atoms with Gasteiger partial charge in [-0.15, -0.1) is 0 Å². The van der Waals surface area contributed by atoms with Crippen LogP contribution in [-0.2, 0) is 9.59 Å². The van der Waals surface area contributed by atoms with E-state index in [1.165, 1.54) is 11.8 Å². The van der Waals surface area contributed by atoms with Crippen LogP contribution in [0.3, 0.4) is 0 Å². The smallest absolute Gasteiger partial charge is 0.240 e. The van der Waals surface area contributed by atoms with Crippen molar-refractivity contribution in [2.45, 2.75) is 32.4 Å². The van der Waals surface area contributed by atoms with Gasteiger partial charge in [-0.3, -0.25) is 9.59 Å². The predicted octanol–water partition coefficient (Wildman–Crippen LogP) is 3.86. The molecule has 134 valence electrons. The minimum Gasteiger partial charge on any atom is -0.326 e. The van der Waals surface area contributed by atoms with Crippen LogP contribution < -0.4 is 10.6 Å². The Bertz CT molecular complexity index is 875. The third-order valence-corrected chi connectivity index (χ3v) is 5.16. The molecule has 1 aliphatic rings. The van der Waals surface area contributed by atoms with Gasteiger partial charge in [0, 0.05) is 12.1 Å². The fourth-order valence-corrected chi connectivity index (χ4v) is 3.56. The molecule has 0 saturated carbocycles. The monoisotopic (exact) mass is 367 g/mol. The fraction of sp³-hybridized carbons (Fsp3) is 0.250. The van der Waals surface area contributed by atoms with Crippen LogP contribution >= 0.6 is 11.8 Å². The number of nitrogens with zero attached hydrogens (tertiary/aromatic N) is 1. The highest BCUT2D eigenvalue weighted by Crippen LogP contribution is 2.26. The van der Waals surface area contributed by atoms with Crippen LogP contribution in [-0.4, -0.2) is 22.2 Å². The van der Waals surface area contributed by atoms with Crippen molar-refractivity contribution >= 4 is 40.1 Å². The zero-order chi connectivity index (χ0) is 18.7. The van der Waals surface area contributed by atoms with Gasteiger partial charge in [0.2, 0.25) is 11.8 Å². The first-order valence-corrected chi connectivity index (χ1v) is 9.28. The summed E-state index contributed by atoms with van der Waals surface area (Å²) in [5, 5.41) is 5.71. The lowest BCUT2D eigenvalue weighted by atomic mass is 10.1. The molecular formula is C20H21N3O2S. The molecule has 1 saturated heterocycles. The third-order valence-electron chi connectivity index (χ3n) is 4.08. The minimum atomic E-state index is -0.468. The number of benzene rings is 2. The second-order valence-corrected chi connectivity index (χ2v) is 7.61. The van der Waals surface area contributed by atoms with Gasteiger partial charge in [-0.1, -0.05) is 41.6 Å². The van der Waals surface area contributed by atoms with Gasteiger partial charge >= 0.3 is 0 Å². The summed E-state index contributed by atoms with van der Waals surface area (Å²) in [5.74, 6) is -0.361. The molecule has 3 rings (SSSR count). The van der Waals surface area contributed by atoms with Crippen LogP contribution in [0.2, 0.25) is 0 Å². The summed E-state index contributed by atoms with van der Waals surface area (Å²) < 4.78 is 0. The number of carbonyl (C=O) groups is 2. The maximum atomic E-state index is 12.3. The van der Waals surface area contributed by atoms with Gasteiger partial charge in [-0.2, -0.15) is 0 Å². The lowest BCUT2D eigenvalue weighted by molar-refractivity contribution is -0.122. The van der Waals surface area contributed by atoms with Crippen molar-refractivity contribution in [3.63, 3.8) is 0 Å². The second-order valence-electron chi connectivity index (χ2n) is 6.42. The Morgan fingerprint density at radius 1 is 1.12 bits per heavy atom. The molecule has 1 atom stereocenters. The van der Waals surface area contributed by atoms with E-state index < -0.39 is 5.25 Å². The van der Waals surface area contributed by atoms with Crippen molar-refractivity contribution < 1.29 is 9.59 Å². The molecule has 0 bridgehead atoms. The summed E-state index contributed by atoms with van der Waals surface area (Å²) in [6, 6.07) is 13.6. The quantitative estimate of drug-likeness (QED) is 0.862. The number of rotatable bonds is 4. The van der Waals surface area contributed by atoms with Crippen LogP contribution in [0, 0.1) is 20.8 Å². The second kappa shape index (κ2) is 7.74. The number of carbonyl (C=O) groups excluding carboxylic acids is 2. The molecule has 5 nitrogen and oxygen atoms in total. The first-order chi connectivity index (χ1) is 12.4. The van der Waals surface area contributed by atoms with Crippen molar-refractivity contribution in [2.75, 3.05) is 5.32 Å². The highest BCUT2D eigenvalue weighted by molar-refractivity contribution is 8.15. The van der Waals surface area contributed by atoms with E-state index in [0.29, 0.717) is 5.17 Å². The molecule has 2 amide bonds. The standard InChI is InChI=1S/C20H21N3O2S/c1-12-5-8-15(9-6-12)21-20-23-19(25)17(26-20)11-18(24)22-16-10-13(2)4-7-14(16)3/h4-10,17H,11H2,1-3H3,(H,22,24)(H,21,23,25)/t17-/m1/s1. The summed E-state index contributed by atoms with van der Waals surface area (Å²) in [5.41, 5.74) is 4.78. The van der Waals surface area contributed by atoms with Crippen LogP contribution in [0.15, 0.2) is 47.5 Å². The van der Waals surface area contributed by atoms with Gasteiger partial charge < -0.3 is 10.6 Å². The number of aryl methyl sites for hydroxylation is 3. The topological polar surface area (TPSA) is 70.6 Å². The third kappa shape index (κ3) is 4.52. The minimum absolute atomic E-state index is 0.108. The Balaban J connectivity index is 1.63. The molecular weight excluding hydrogens is 346 g/mol. The van der Waals surface area contributed by atoms with Gasteiger partial charge in [-0.05, 0) is 50.1 Å². The largest absolute Gasteiger partial charge is 0.326 e. The molecule has 0 aliphatic carbocycles. The number of aliphatic imine (C=N–C) groups is 1. The maximum Gasteiger partial charge on any atom is 0.240 e. The molecule has 1 fully saturated rings. The van der Waals surface area contributed by atoms with Gasteiger partial charge in [0.15, 0.2) is 5.17 Å². The molecule has 2 aromatic rings. The highest BCUT2D eigenvalue weighted by Gasteiger charge is 2.32. The Hall–Kier alpha value is -2.60.